The van der Waals surface area contributed by atoms with Gasteiger partial charge in [0.2, 0.25) is 0 Å². The van der Waals surface area contributed by atoms with E-state index in [9.17, 15) is 5.53 Å². The molecule has 3 unspecified atom stereocenters. The van der Waals surface area contributed by atoms with Crippen LogP contribution >= 0.6 is 0 Å². The van der Waals surface area contributed by atoms with Crippen LogP contribution in [0.4, 0.5) is 0 Å². The van der Waals surface area contributed by atoms with Gasteiger partial charge in [-0.05, 0) is 41.3 Å². The first-order valence-corrected chi connectivity index (χ1v) is 12.4. The van der Waals surface area contributed by atoms with E-state index >= 15 is 0 Å². The van der Waals surface area contributed by atoms with Gasteiger partial charge in [0, 0.05) is 4.91 Å². The van der Waals surface area contributed by atoms with Crippen LogP contribution in [0.5, 0.6) is 5.75 Å². The molecule has 0 radical (unpaired) electrons. The fourth-order valence-corrected chi connectivity index (χ4v) is 4.40. The fourth-order valence-electron chi connectivity index (χ4n) is 4.40. The summed E-state index contributed by atoms with van der Waals surface area (Å²) in [7, 11) is 1.64. The van der Waals surface area contributed by atoms with Crippen molar-refractivity contribution in [2.45, 2.75) is 57.2 Å². The highest BCUT2D eigenvalue weighted by atomic mass is 16.6. The van der Waals surface area contributed by atoms with Crippen molar-refractivity contribution in [3.8, 4) is 5.75 Å². The van der Waals surface area contributed by atoms with Crippen molar-refractivity contribution in [3.63, 3.8) is 0 Å². The van der Waals surface area contributed by atoms with Crippen molar-refractivity contribution in [2.24, 2.45) is 5.11 Å². The molecule has 0 N–H and O–H groups in total. The molecule has 4 rings (SSSR count). The molecule has 1 aliphatic heterocycles. The van der Waals surface area contributed by atoms with Gasteiger partial charge in [-0.25, -0.2) is 0 Å². The van der Waals surface area contributed by atoms with Gasteiger partial charge in [-0.2, -0.15) is 0 Å². The van der Waals surface area contributed by atoms with E-state index in [1.54, 1.807) is 7.11 Å². The number of ether oxygens (including phenoxy) is 5. The van der Waals surface area contributed by atoms with Crippen molar-refractivity contribution >= 4 is 0 Å². The molecule has 0 bridgehead atoms. The van der Waals surface area contributed by atoms with Gasteiger partial charge >= 0.3 is 0 Å². The average Bonchev–Trinajstić information content (AvgIpc) is 2.94. The molecule has 0 saturated carbocycles. The lowest BCUT2D eigenvalue weighted by molar-refractivity contribution is -0.224. The zero-order chi connectivity index (χ0) is 25.9. The van der Waals surface area contributed by atoms with Gasteiger partial charge < -0.3 is 23.7 Å². The van der Waals surface area contributed by atoms with Gasteiger partial charge in [-0.3, -0.25) is 0 Å². The summed E-state index contributed by atoms with van der Waals surface area (Å²) >= 11 is 0. The van der Waals surface area contributed by atoms with Crippen LogP contribution in [-0.2, 0) is 38.8 Å². The first kappa shape index (κ1) is 26.7. The molecule has 8 heteroatoms. The number of methoxy groups -OCH3 is 1. The second-order valence-electron chi connectivity index (χ2n) is 8.96. The summed E-state index contributed by atoms with van der Waals surface area (Å²) in [5, 5.41) is 4.04. The molecule has 0 spiro atoms. The summed E-state index contributed by atoms with van der Waals surface area (Å²) in [4.78, 5) is 3.08. The Morgan fingerprint density at radius 3 is 1.95 bits per heavy atom. The van der Waals surface area contributed by atoms with Gasteiger partial charge in [0.15, 0.2) is 0 Å². The molecule has 37 heavy (non-hydrogen) atoms. The molecule has 1 heterocycles. The number of rotatable bonds is 12. The lowest BCUT2D eigenvalue weighted by atomic mass is 9.93. The van der Waals surface area contributed by atoms with Gasteiger partial charge in [0.25, 0.3) is 0 Å². The Morgan fingerprint density at radius 2 is 1.35 bits per heavy atom. The minimum absolute atomic E-state index is 0.306. The van der Waals surface area contributed by atoms with Crippen LogP contribution in [0.1, 0.15) is 23.6 Å². The van der Waals surface area contributed by atoms with Crippen LogP contribution in [0.15, 0.2) is 90.0 Å². The maximum atomic E-state index is 9.29. The summed E-state index contributed by atoms with van der Waals surface area (Å²) in [6.07, 6.45) is -1.83. The number of azide groups is 1. The SMILES string of the molecule is COc1ccc(CO[C@H]2C(COCc3ccccc3)OC(C)C(N=[N+]=[N-])[C@H]2OCc2ccccc2)cc1. The zero-order valence-electron chi connectivity index (χ0n) is 21.2. The molecule has 1 saturated heterocycles. The Balaban J connectivity index is 1.53. The third kappa shape index (κ3) is 7.55. The van der Waals surface area contributed by atoms with Gasteiger partial charge in [0.1, 0.15) is 18.0 Å². The first-order valence-electron chi connectivity index (χ1n) is 12.4. The van der Waals surface area contributed by atoms with E-state index in [1.165, 1.54) is 0 Å². The topological polar surface area (TPSA) is 94.9 Å². The Morgan fingerprint density at radius 1 is 0.784 bits per heavy atom. The molecule has 3 aromatic rings. The molecule has 1 aliphatic rings. The molecule has 0 amide bonds. The minimum Gasteiger partial charge on any atom is -0.497 e. The van der Waals surface area contributed by atoms with Gasteiger partial charge in [0.05, 0.1) is 51.8 Å². The maximum absolute atomic E-state index is 9.29. The second kappa shape index (κ2) is 13.8. The number of nitrogens with zero attached hydrogens (tertiary/aromatic N) is 3. The van der Waals surface area contributed by atoms with E-state index in [0.717, 1.165) is 22.4 Å². The Hall–Kier alpha value is -3.39. The molecular formula is C29H33N3O5. The lowest BCUT2D eigenvalue weighted by Crippen LogP contribution is -2.59. The minimum atomic E-state index is -0.556. The number of hydrogen-bond donors (Lipinski definition) is 0. The molecule has 1 fully saturated rings. The molecule has 0 aromatic heterocycles. The van der Waals surface area contributed by atoms with E-state index < -0.39 is 24.4 Å². The highest BCUT2D eigenvalue weighted by Crippen LogP contribution is 2.30. The highest BCUT2D eigenvalue weighted by Gasteiger charge is 2.45. The summed E-state index contributed by atoms with van der Waals surface area (Å²) in [5.74, 6) is 0.776. The third-order valence-electron chi connectivity index (χ3n) is 6.36. The number of hydrogen-bond acceptors (Lipinski definition) is 6. The summed E-state index contributed by atoms with van der Waals surface area (Å²) in [5.41, 5.74) is 12.4. The highest BCUT2D eigenvalue weighted by molar-refractivity contribution is 5.26. The van der Waals surface area contributed by atoms with E-state index in [1.807, 2.05) is 91.9 Å². The zero-order valence-corrected chi connectivity index (χ0v) is 21.2. The smallest absolute Gasteiger partial charge is 0.118 e. The summed E-state index contributed by atoms with van der Waals surface area (Å²) in [6.45, 7) is 3.34. The van der Waals surface area contributed by atoms with E-state index in [-0.39, 0.29) is 6.10 Å². The van der Waals surface area contributed by atoms with Crippen molar-refractivity contribution in [2.75, 3.05) is 13.7 Å². The van der Waals surface area contributed by atoms with Gasteiger partial charge in [-0.1, -0.05) is 77.9 Å². The van der Waals surface area contributed by atoms with E-state index in [4.69, 9.17) is 23.7 Å². The molecule has 5 atom stereocenters. The van der Waals surface area contributed by atoms with Crippen LogP contribution in [0, 0.1) is 0 Å². The fraction of sp³-hybridized carbons (Fsp3) is 0.379. The first-order chi connectivity index (χ1) is 18.2. The molecule has 8 nitrogen and oxygen atoms in total. The monoisotopic (exact) mass is 503 g/mol. The predicted molar refractivity (Wildman–Crippen MR) is 140 cm³/mol. The average molecular weight is 504 g/mol. The Bertz CT molecular complexity index is 1120. The predicted octanol–water partition coefficient (Wildman–Crippen LogP) is 5.85. The lowest BCUT2D eigenvalue weighted by Gasteiger charge is -2.44. The van der Waals surface area contributed by atoms with Crippen LogP contribution in [0.2, 0.25) is 0 Å². The van der Waals surface area contributed by atoms with E-state index in [0.29, 0.717) is 26.4 Å². The Kier molecular flexibility index (Phi) is 9.94. The molecule has 0 aliphatic carbocycles. The van der Waals surface area contributed by atoms with Crippen LogP contribution in [0.25, 0.3) is 10.4 Å². The molecular weight excluding hydrogens is 470 g/mol. The van der Waals surface area contributed by atoms with Crippen LogP contribution in [-0.4, -0.2) is 44.2 Å². The van der Waals surface area contributed by atoms with E-state index in [2.05, 4.69) is 10.0 Å². The van der Waals surface area contributed by atoms with Crippen molar-refractivity contribution in [3.05, 3.63) is 112 Å². The largest absolute Gasteiger partial charge is 0.497 e. The summed E-state index contributed by atoms with van der Waals surface area (Å²) < 4.78 is 30.4. The normalized spacial score (nSPS) is 23.2. The Labute approximate surface area is 217 Å². The van der Waals surface area contributed by atoms with Crippen molar-refractivity contribution in [1.29, 1.82) is 0 Å². The second-order valence-corrected chi connectivity index (χ2v) is 8.96. The van der Waals surface area contributed by atoms with Crippen molar-refractivity contribution < 1.29 is 23.7 Å². The summed E-state index contributed by atoms with van der Waals surface area (Å²) in [6, 6.07) is 27.0. The van der Waals surface area contributed by atoms with Crippen LogP contribution in [0.3, 0.4) is 0 Å². The third-order valence-corrected chi connectivity index (χ3v) is 6.36. The molecule has 194 valence electrons. The van der Waals surface area contributed by atoms with Crippen molar-refractivity contribution in [1.82, 2.24) is 0 Å². The quantitative estimate of drug-likeness (QED) is 0.176. The molecule has 3 aromatic carbocycles. The van der Waals surface area contributed by atoms with Gasteiger partial charge in [-0.15, -0.1) is 0 Å². The standard InChI is InChI=1S/C29H33N3O5/c1-21-27(31-32-30)29(36-18-23-11-7-4-8-12-23)28(35-19-24-13-15-25(33-2)16-14-24)26(37-21)20-34-17-22-9-5-3-6-10-22/h3-16,21,26-29H,17-20H2,1-2H3/t21?,26?,27?,28-,29+/m0/s1. The number of benzene rings is 3. The van der Waals surface area contributed by atoms with Crippen LogP contribution < -0.4 is 4.74 Å². The maximum Gasteiger partial charge on any atom is 0.118 e.